The lowest BCUT2D eigenvalue weighted by Gasteiger charge is -2.32. The monoisotopic (exact) mass is 336 g/mol. The molecule has 0 radical (unpaired) electrons. The maximum absolute atomic E-state index is 12.7. The molecule has 0 spiro atoms. The van der Waals surface area contributed by atoms with E-state index < -0.39 is 0 Å². The first-order valence-corrected chi connectivity index (χ1v) is 8.33. The van der Waals surface area contributed by atoms with E-state index in [-0.39, 0.29) is 12.0 Å². The third-order valence-corrected chi connectivity index (χ3v) is 4.13. The number of nitriles is 1. The van der Waals surface area contributed by atoms with E-state index in [9.17, 15) is 4.79 Å². The lowest BCUT2D eigenvalue weighted by atomic mass is 10.1. The largest absolute Gasteiger partial charge is 0.472 e. The Labute approximate surface area is 147 Å². The zero-order valence-corrected chi connectivity index (χ0v) is 14.4. The molecule has 0 N–H and O–H groups in total. The van der Waals surface area contributed by atoms with E-state index >= 15 is 0 Å². The predicted molar refractivity (Wildman–Crippen MR) is 92.2 cm³/mol. The topological polar surface area (TPSA) is 79.1 Å². The average Bonchev–Trinajstić information content (AvgIpc) is 2.60. The summed E-state index contributed by atoms with van der Waals surface area (Å²) in [7, 11) is 0. The molecule has 1 saturated heterocycles. The Morgan fingerprint density at radius 1 is 1.32 bits per heavy atom. The number of aromatic nitrogens is 2. The lowest BCUT2D eigenvalue weighted by Crippen LogP contribution is -2.44. The normalized spacial score (nSPS) is 17.0. The molecular weight excluding hydrogens is 316 g/mol. The SMILES string of the molecule is Cc1cc(OC2CCCN(C(=O)c3cccc(C#N)c3)C2)nc(C)n1. The summed E-state index contributed by atoms with van der Waals surface area (Å²) < 4.78 is 5.98. The maximum atomic E-state index is 12.7. The van der Waals surface area contributed by atoms with Gasteiger partial charge in [-0.15, -0.1) is 0 Å². The summed E-state index contributed by atoms with van der Waals surface area (Å²) in [6.07, 6.45) is 1.66. The van der Waals surface area contributed by atoms with Crippen LogP contribution in [0.3, 0.4) is 0 Å². The number of carbonyl (C=O) groups is 1. The molecule has 25 heavy (non-hydrogen) atoms. The minimum atomic E-state index is -0.0921. The summed E-state index contributed by atoms with van der Waals surface area (Å²) in [6.45, 7) is 4.94. The minimum Gasteiger partial charge on any atom is -0.472 e. The number of rotatable bonds is 3. The number of aryl methyl sites for hydroxylation is 2. The van der Waals surface area contributed by atoms with Crippen molar-refractivity contribution in [3.8, 4) is 11.9 Å². The first-order chi connectivity index (χ1) is 12.0. The summed E-state index contributed by atoms with van der Waals surface area (Å²) in [5, 5.41) is 9.00. The fourth-order valence-corrected chi connectivity index (χ4v) is 3.04. The van der Waals surface area contributed by atoms with Gasteiger partial charge in [-0.25, -0.2) is 4.98 Å². The highest BCUT2D eigenvalue weighted by Crippen LogP contribution is 2.19. The molecule has 6 heteroatoms. The lowest BCUT2D eigenvalue weighted by molar-refractivity contribution is 0.0526. The first-order valence-electron chi connectivity index (χ1n) is 8.33. The van der Waals surface area contributed by atoms with Crippen LogP contribution >= 0.6 is 0 Å². The van der Waals surface area contributed by atoms with Gasteiger partial charge in [-0.05, 0) is 44.9 Å². The Bertz CT molecular complexity index is 808. The van der Waals surface area contributed by atoms with E-state index in [2.05, 4.69) is 16.0 Å². The minimum absolute atomic E-state index is 0.0690. The number of hydrogen-bond donors (Lipinski definition) is 0. The molecule has 1 aromatic heterocycles. The highest BCUT2D eigenvalue weighted by atomic mass is 16.5. The van der Waals surface area contributed by atoms with Crippen LogP contribution in [0, 0.1) is 25.2 Å². The van der Waals surface area contributed by atoms with Gasteiger partial charge in [-0.1, -0.05) is 6.07 Å². The number of amides is 1. The molecule has 0 saturated carbocycles. The van der Waals surface area contributed by atoms with Gasteiger partial charge in [0.25, 0.3) is 5.91 Å². The van der Waals surface area contributed by atoms with Gasteiger partial charge in [0.05, 0.1) is 18.2 Å². The van der Waals surface area contributed by atoms with Gasteiger partial charge in [-0.3, -0.25) is 4.79 Å². The van der Waals surface area contributed by atoms with E-state index in [1.54, 1.807) is 29.2 Å². The quantitative estimate of drug-likeness (QED) is 0.861. The van der Waals surface area contributed by atoms with Crippen LogP contribution in [0.2, 0.25) is 0 Å². The Morgan fingerprint density at radius 2 is 2.16 bits per heavy atom. The van der Waals surface area contributed by atoms with Crippen LogP contribution in [-0.2, 0) is 0 Å². The van der Waals surface area contributed by atoms with E-state index in [0.29, 0.717) is 35.9 Å². The van der Waals surface area contributed by atoms with Crippen molar-refractivity contribution in [3.63, 3.8) is 0 Å². The number of hydrogen-bond acceptors (Lipinski definition) is 5. The average molecular weight is 336 g/mol. The maximum Gasteiger partial charge on any atom is 0.254 e. The van der Waals surface area contributed by atoms with Gasteiger partial charge in [0.15, 0.2) is 0 Å². The van der Waals surface area contributed by atoms with E-state index in [0.717, 1.165) is 18.5 Å². The third-order valence-electron chi connectivity index (χ3n) is 4.13. The summed E-state index contributed by atoms with van der Waals surface area (Å²) >= 11 is 0. The molecule has 2 heterocycles. The molecule has 128 valence electrons. The van der Waals surface area contributed by atoms with Crippen LogP contribution < -0.4 is 4.74 Å². The molecule has 6 nitrogen and oxygen atoms in total. The van der Waals surface area contributed by atoms with E-state index in [1.807, 2.05) is 19.9 Å². The molecular formula is C19H20N4O2. The number of carbonyl (C=O) groups excluding carboxylic acids is 1. The van der Waals surface area contributed by atoms with Crippen LogP contribution in [0.1, 0.15) is 40.3 Å². The summed E-state index contributed by atoms with van der Waals surface area (Å²) in [6, 6.07) is 10.7. The molecule has 1 aliphatic rings. The van der Waals surface area contributed by atoms with Crippen LogP contribution in [0.5, 0.6) is 5.88 Å². The van der Waals surface area contributed by atoms with Crippen LogP contribution in [-0.4, -0.2) is 40.0 Å². The van der Waals surface area contributed by atoms with Gasteiger partial charge in [0, 0.05) is 23.9 Å². The van der Waals surface area contributed by atoms with Crippen molar-refractivity contribution >= 4 is 5.91 Å². The van der Waals surface area contributed by atoms with Crippen molar-refractivity contribution in [2.24, 2.45) is 0 Å². The fraction of sp³-hybridized carbons (Fsp3) is 0.368. The van der Waals surface area contributed by atoms with E-state index in [1.165, 1.54) is 0 Å². The molecule has 3 rings (SSSR count). The van der Waals surface area contributed by atoms with Crippen molar-refractivity contribution in [3.05, 3.63) is 53.0 Å². The van der Waals surface area contributed by atoms with E-state index in [4.69, 9.17) is 10.00 Å². The molecule has 0 bridgehead atoms. The Morgan fingerprint density at radius 3 is 2.92 bits per heavy atom. The standard InChI is InChI=1S/C19H20N4O2/c1-13-9-18(22-14(2)21-13)25-17-7-4-8-23(12-17)19(24)16-6-3-5-15(10-16)11-20/h3,5-6,9-10,17H,4,7-8,12H2,1-2H3. The number of ether oxygens (including phenoxy) is 1. The summed E-state index contributed by atoms with van der Waals surface area (Å²) in [5.41, 5.74) is 1.88. The molecule has 0 aliphatic carbocycles. The van der Waals surface area contributed by atoms with Gasteiger partial charge in [0.2, 0.25) is 5.88 Å². The number of likely N-dealkylation sites (tertiary alicyclic amines) is 1. The van der Waals surface area contributed by atoms with Crippen LogP contribution in [0.4, 0.5) is 0 Å². The Hall–Kier alpha value is -2.94. The molecule has 1 fully saturated rings. The molecule has 1 aromatic carbocycles. The highest BCUT2D eigenvalue weighted by Gasteiger charge is 2.26. The van der Waals surface area contributed by atoms with Gasteiger partial charge >= 0.3 is 0 Å². The van der Waals surface area contributed by atoms with Crippen molar-refractivity contribution in [1.82, 2.24) is 14.9 Å². The van der Waals surface area contributed by atoms with Crippen LogP contribution in [0.15, 0.2) is 30.3 Å². The highest BCUT2D eigenvalue weighted by molar-refractivity contribution is 5.94. The summed E-state index contributed by atoms with van der Waals surface area (Å²) in [4.78, 5) is 23.0. The van der Waals surface area contributed by atoms with Gasteiger partial charge < -0.3 is 9.64 Å². The molecule has 1 atom stereocenters. The molecule has 2 aromatic rings. The zero-order valence-electron chi connectivity index (χ0n) is 14.4. The second-order valence-electron chi connectivity index (χ2n) is 6.22. The fourth-order valence-electron chi connectivity index (χ4n) is 3.04. The predicted octanol–water partition coefficient (Wildman–Crippen LogP) is 2.65. The number of piperidine rings is 1. The molecule has 1 amide bonds. The van der Waals surface area contributed by atoms with Crippen molar-refractivity contribution < 1.29 is 9.53 Å². The first kappa shape index (κ1) is 16.9. The number of benzene rings is 1. The second-order valence-corrected chi connectivity index (χ2v) is 6.22. The summed E-state index contributed by atoms with van der Waals surface area (Å²) in [5.74, 6) is 1.16. The Balaban J connectivity index is 1.70. The molecule has 1 aliphatic heterocycles. The smallest absolute Gasteiger partial charge is 0.254 e. The van der Waals surface area contributed by atoms with Crippen LogP contribution in [0.25, 0.3) is 0 Å². The van der Waals surface area contributed by atoms with Crippen molar-refractivity contribution in [2.75, 3.05) is 13.1 Å². The number of nitrogens with zero attached hydrogens (tertiary/aromatic N) is 4. The third kappa shape index (κ3) is 4.13. The molecule has 1 unspecified atom stereocenters. The van der Waals surface area contributed by atoms with Gasteiger partial charge in [-0.2, -0.15) is 10.2 Å². The second kappa shape index (κ2) is 7.31. The van der Waals surface area contributed by atoms with Crippen molar-refractivity contribution in [1.29, 1.82) is 5.26 Å². The zero-order chi connectivity index (χ0) is 17.8. The Kier molecular flexibility index (Phi) is 4.94. The van der Waals surface area contributed by atoms with Gasteiger partial charge in [0.1, 0.15) is 11.9 Å². The van der Waals surface area contributed by atoms with Crippen molar-refractivity contribution in [2.45, 2.75) is 32.8 Å².